The third-order valence-electron chi connectivity index (χ3n) is 2.67. The summed E-state index contributed by atoms with van der Waals surface area (Å²) in [6.07, 6.45) is 2.99. The summed E-state index contributed by atoms with van der Waals surface area (Å²) >= 11 is 0. The van der Waals surface area contributed by atoms with Crippen LogP contribution in [0.3, 0.4) is 0 Å². The predicted molar refractivity (Wildman–Crippen MR) is 57.2 cm³/mol. The summed E-state index contributed by atoms with van der Waals surface area (Å²) in [6.45, 7) is 3.48. The minimum Gasteiger partial charge on any atom is -0.375 e. The Kier molecular flexibility index (Phi) is 2.53. The quantitative estimate of drug-likeness (QED) is 0.732. The first-order chi connectivity index (χ1) is 6.77. The Labute approximate surface area is 84.3 Å². The molecular weight excluding hydrogens is 174 g/mol. The molecule has 1 heterocycles. The summed E-state index contributed by atoms with van der Waals surface area (Å²) in [6, 6.07) is 8.06. The molecule has 1 aliphatic rings. The Morgan fingerprint density at radius 1 is 1.43 bits per heavy atom. The maximum absolute atomic E-state index is 11.2. The third kappa shape index (κ3) is 1.79. The van der Waals surface area contributed by atoms with Gasteiger partial charge in [0.15, 0.2) is 5.78 Å². The minimum atomic E-state index is -0.0985. The fourth-order valence-electron chi connectivity index (χ4n) is 1.88. The second-order valence-electron chi connectivity index (χ2n) is 3.71. The van der Waals surface area contributed by atoms with Crippen LogP contribution in [0.1, 0.15) is 18.4 Å². The molecule has 73 valence electrons. The zero-order chi connectivity index (χ0) is 9.97. The lowest BCUT2D eigenvalue weighted by molar-refractivity contribution is -0.115. The average molecular weight is 188 g/mol. The first-order valence-electron chi connectivity index (χ1n) is 4.97. The smallest absolute Gasteiger partial charge is 0.155 e. The topological polar surface area (TPSA) is 29.1 Å². The lowest BCUT2D eigenvalue weighted by Crippen LogP contribution is -2.26. The first kappa shape index (κ1) is 9.25. The van der Waals surface area contributed by atoms with E-state index < -0.39 is 0 Å². The summed E-state index contributed by atoms with van der Waals surface area (Å²) in [4.78, 5) is 11.2. The molecule has 14 heavy (non-hydrogen) atoms. The second kappa shape index (κ2) is 3.82. The summed E-state index contributed by atoms with van der Waals surface area (Å²) in [5, 5.41) is 3.25. The largest absolute Gasteiger partial charge is 0.375 e. The highest BCUT2D eigenvalue weighted by molar-refractivity contribution is 5.90. The van der Waals surface area contributed by atoms with Crippen molar-refractivity contribution in [1.29, 1.82) is 0 Å². The number of Topliss-reactive ketones (excluding diaryl/α,β-unsaturated/α-hetero) is 1. The molecule has 0 saturated heterocycles. The van der Waals surface area contributed by atoms with E-state index in [2.05, 4.69) is 18.3 Å². The van der Waals surface area contributed by atoms with Crippen LogP contribution in [0.5, 0.6) is 0 Å². The Balaban J connectivity index is 2.26. The number of carbonyl (C=O) groups excluding carboxylic acids is 1. The van der Waals surface area contributed by atoms with Gasteiger partial charge >= 0.3 is 0 Å². The van der Waals surface area contributed by atoms with Crippen molar-refractivity contribution in [2.75, 3.05) is 5.32 Å². The highest BCUT2D eigenvalue weighted by Gasteiger charge is 2.18. The molecule has 0 aliphatic carbocycles. The maximum atomic E-state index is 11.2. The number of carbonyl (C=O) groups is 1. The molecule has 1 aromatic rings. The zero-order valence-electron chi connectivity index (χ0n) is 8.12. The van der Waals surface area contributed by atoms with Crippen molar-refractivity contribution in [3.8, 4) is 0 Å². The molecule has 1 N–H and O–H groups in total. The molecule has 2 nitrogen and oxygen atoms in total. The van der Waals surface area contributed by atoms with Gasteiger partial charge in [0, 0.05) is 12.6 Å². The molecular formula is C12H14NO. The van der Waals surface area contributed by atoms with Crippen molar-refractivity contribution < 1.29 is 4.79 Å². The molecule has 1 unspecified atom stereocenters. The number of nitrogens with one attached hydrogen (secondary N) is 1. The summed E-state index contributed by atoms with van der Waals surface area (Å²) in [5.41, 5.74) is 2.39. The summed E-state index contributed by atoms with van der Waals surface area (Å²) in [5.74, 6) is -0.0123. The van der Waals surface area contributed by atoms with Gasteiger partial charge < -0.3 is 5.32 Å². The van der Waals surface area contributed by atoms with Gasteiger partial charge in [-0.1, -0.05) is 18.2 Å². The van der Waals surface area contributed by atoms with E-state index in [9.17, 15) is 4.79 Å². The van der Waals surface area contributed by atoms with Gasteiger partial charge in [-0.3, -0.25) is 4.79 Å². The number of hydrogen-bond donors (Lipinski definition) is 1. The van der Waals surface area contributed by atoms with Gasteiger partial charge in [-0.25, -0.2) is 0 Å². The average Bonchev–Trinajstić information content (AvgIpc) is 2.39. The van der Waals surface area contributed by atoms with Gasteiger partial charge in [0.1, 0.15) is 0 Å². The van der Waals surface area contributed by atoms with Crippen molar-refractivity contribution in [1.82, 2.24) is 0 Å². The first-order valence-corrected chi connectivity index (χ1v) is 4.97. The van der Waals surface area contributed by atoms with Gasteiger partial charge in [-0.15, -0.1) is 0 Å². The van der Waals surface area contributed by atoms with Crippen LogP contribution in [0.4, 0.5) is 5.69 Å². The van der Waals surface area contributed by atoms with Crippen LogP contribution >= 0.6 is 0 Å². The molecule has 1 aromatic carbocycles. The standard InChI is InChI=1S/C12H14NO/c1-9(14)11-8-4-6-10-5-2-3-7-12(10)13-11/h2-3,5,7,11,13H,1,4,6,8H2. The highest BCUT2D eigenvalue weighted by Crippen LogP contribution is 2.23. The van der Waals surface area contributed by atoms with E-state index in [4.69, 9.17) is 0 Å². The van der Waals surface area contributed by atoms with Gasteiger partial charge in [-0.05, 0) is 30.9 Å². The molecule has 0 saturated carbocycles. The van der Waals surface area contributed by atoms with E-state index in [0.29, 0.717) is 0 Å². The predicted octanol–water partition coefficient (Wildman–Crippen LogP) is 2.21. The van der Waals surface area contributed by atoms with E-state index in [1.807, 2.05) is 18.2 Å². The molecule has 0 fully saturated rings. The van der Waals surface area contributed by atoms with Crippen LogP contribution in [0, 0.1) is 6.92 Å². The molecule has 0 aromatic heterocycles. The molecule has 2 rings (SSSR count). The van der Waals surface area contributed by atoms with Gasteiger partial charge in [0.2, 0.25) is 0 Å². The van der Waals surface area contributed by atoms with Crippen molar-refractivity contribution in [3.05, 3.63) is 36.8 Å². The molecule has 1 atom stereocenters. The van der Waals surface area contributed by atoms with Crippen LogP contribution < -0.4 is 5.32 Å². The van der Waals surface area contributed by atoms with Crippen LogP contribution in [0.15, 0.2) is 24.3 Å². The number of para-hydroxylation sites is 1. The monoisotopic (exact) mass is 188 g/mol. The van der Waals surface area contributed by atoms with Crippen molar-refractivity contribution in [2.24, 2.45) is 0 Å². The van der Waals surface area contributed by atoms with Crippen molar-refractivity contribution in [3.63, 3.8) is 0 Å². The van der Waals surface area contributed by atoms with E-state index in [1.54, 1.807) is 0 Å². The van der Waals surface area contributed by atoms with Crippen LogP contribution in [0.25, 0.3) is 0 Å². The fraction of sp³-hybridized carbons (Fsp3) is 0.333. The Bertz CT molecular complexity index is 346. The number of aryl methyl sites for hydroxylation is 1. The van der Waals surface area contributed by atoms with E-state index in [1.165, 1.54) is 5.56 Å². The normalized spacial score (nSPS) is 20.5. The zero-order valence-corrected chi connectivity index (χ0v) is 8.12. The molecule has 1 aliphatic heterocycles. The van der Waals surface area contributed by atoms with Crippen LogP contribution in [0.2, 0.25) is 0 Å². The van der Waals surface area contributed by atoms with Gasteiger partial charge in [0.05, 0.1) is 6.04 Å². The lowest BCUT2D eigenvalue weighted by Gasteiger charge is -2.14. The number of benzene rings is 1. The van der Waals surface area contributed by atoms with Crippen LogP contribution in [-0.2, 0) is 11.2 Å². The van der Waals surface area contributed by atoms with Gasteiger partial charge in [0.25, 0.3) is 0 Å². The molecule has 2 heteroatoms. The molecule has 0 bridgehead atoms. The van der Waals surface area contributed by atoms with E-state index in [-0.39, 0.29) is 11.8 Å². The fourth-order valence-corrected chi connectivity index (χ4v) is 1.88. The number of ketones is 1. The Morgan fingerprint density at radius 3 is 3.00 bits per heavy atom. The number of anilines is 1. The van der Waals surface area contributed by atoms with Gasteiger partial charge in [-0.2, -0.15) is 0 Å². The highest BCUT2D eigenvalue weighted by atomic mass is 16.1. The SMILES string of the molecule is [CH2]C(=O)C1CCCc2ccccc2N1. The van der Waals surface area contributed by atoms with Crippen molar-refractivity contribution in [2.45, 2.75) is 25.3 Å². The van der Waals surface area contributed by atoms with E-state index in [0.717, 1.165) is 24.9 Å². The molecule has 0 spiro atoms. The third-order valence-corrected chi connectivity index (χ3v) is 2.67. The Hall–Kier alpha value is -1.31. The van der Waals surface area contributed by atoms with E-state index >= 15 is 0 Å². The number of rotatable bonds is 1. The summed E-state index contributed by atoms with van der Waals surface area (Å²) < 4.78 is 0. The number of hydrogen-bond acceptors (Lipinski definition) is 2. The van der Waals surface area contributed by atoms with Crippen LogP contribution in [-0.4, -0.2) is 11.8 Å². The minimum absolute atomic E-state index is 0.0123. The van der Waals surface area contributed by atoms with Crippen molar-refractivity contribution >= 4 is 11.5 Å². The molecule has 0 amide bonds. The lowest BCUT2D eigenvalue weighted by atomic mass is 10.1. The second-order valence-corrected chi connectivity index (χ2v) is 3.71. The Morgan fingerprint density at radius 2 is 2.21 bits per heavy atom. The number of fused-ring (bicyclic) bond motifs is 1. The summed E-state index contributed by atoms with van der Waals surface area (Å²) in [7, 11) is 0. The maximum Gasteiger partial charge on any atom is 0.155 e. The molecule has 1 radical (unpaired) electrons.